The highest BCUT2D eigenvalue weighted by molar-refractivity contribution is 5.30. The molecule has 0 aromatic carbocycles. The van der Waals surface area contributed by atoms with Gasteiger partial charge in [0.25, 0.3) is 0 Å². The quantitative estimate of drug-likeness (QED) is 0.547. The third kappa shape index (κ3) is 2.00. The average Bonchev–Trinajstić information content (AvgIpc) is 2.49. The van der Waals surface area contributed by atoms with Crippen molar-refractivity contribution in [2.45, 2.75) is 95.2 Å². The van der Waals surface area contributed by atoms with Crippen molar-refractivity contribution in [3.05, 3.63) is 11.1 Å². The molecule has 1 heterocycles. The second-order valence-electron chi connectivity index (χ2n) is 7.33. The van der Waals surface area contributed by atoms with Crippen molar-refractivity contribution in [3.8, 4) is 0 Å². The first-order chi connectivity index (χ1) is 9.39. The predicted octanol–water partition coefficient (Wildman–Crippen LogP) is 5.15. The molecule has 3 aliphatic carbocycles. The van der Waals surface area contributed by atoms with Crippen molar-refractivity contribution in [2.75, 3.05) is 0 Å². The molecule has 0 saturated heterocycles. The number of hydrogen-bond donors (Lipinski definition) is 0. The molecule has 0 N–H and O–H groups in total. The lowest BCUT2D eigenvalue weighted by Gasteiger charge is -2.53. The van der Waals surface area contributed by atoms with E-state index in [-0.39, 0.29) is 5.60 Å². The van der Waals surface area contributed by atoms with E-state index < -0.39 is 0 Å². The van der Waals surface area contributed by atoms with Gasteiger partial charge in [-0.1, -0.05) is 37.7 Å². The second kappa shape index (κ2) is 4.91. The smallest absolute Gasteiger partial charge is 0.0795 e. The lowest BCUT2D eigenvalue weighted by molar-refractivity contribution is -0.150. The standard InChI is InChI=1S/C18H28O/c1-6-12-18(13-7-1)16-10-4-2-8-14(16)15-9-3-5-11-17(15)19-18/h16-17H,1-13H2/t16-,17+/m0/s1. The minimum Gasteiger partial charge on any atom is -0.367 e. The highest BCUT2D eigenvalue weighted by Gasteiger charge is 2.49. The van der Waals surface area contributed by atoms with Crippen LogP contribution in [0.3, 0.4) is 0 Å². The fraction of sp³-hybridized carbons (Fsp3) is 0.889. The number of hydrogen-bond acceptors (Lipinski definition) is 1. The summed E-state index contributed by atoms with van der Waals surface area (Å²) >= 11 is 0. The number of ether oxygens (including phenoxy) is 1. The second-order valence-corrected chi connectivity index (χ2v) is 7.33. The number of fused-ring (bicyclic) bond motifs is 3. The zero-order valence-corrected chi connectivity index (χ0v) is 12.3. The Balaban J connectivity index is 1.73. The van der Waals surface area contributed by atoms with Crippen LogP contribution in [0, 0.1) is 5.92 Å². The molecular formula is C18H28O. The molecule has 1 aliphatic heterocycles. The van der Waals surface area contributed by atoms with Crippen LogP contribution >= 0.6 is 0 Å². The summed E-state index contributed by atoms with van der Waals surface area (Å²) in [6.45, 7) is 0. The van der Waals surface area contributed by atoms with Crippen molar-refractivity contribution in [1.82, 2.24) is 0 Å². The molecule has 1 spiro atoms. The topological polar surface area (TPSA) is 9.23 Å². The molecule has 0 aromatic heterocycles. The van der Waals surface area contributed by atoms with Gasteiger partial charge in [-0.25, -0.2) is 0 Å². The van der Waals surface area contributed by atoms with Crippen molar-refractivity contribution in [3.63, 3.8) is 0 Å². The Hall–Kier alpha value is -0.300. The molecule has 106 valence electrons. The van der Waals surface area contributed by atoms with E-state index in [1.165, 1.54) is 83.5 Å². The monoisotopic (exact) mass is 260 g/mol. The van der Waals surface area contributed by atoms with Gasteiger partial charge in [0.05, 0.1) is 11.7 Å². The molecular weight excluding hydrogens is 232 g/mol. The van der Waals surface area contributed by atoms with E-state index >= 15 is 0 Å². The van der Waals surface area contributed by atoms with E-state index in [2.05, 4.69) is 0 Å². The van der Waals surface area contributed by atoms with Crippen LogP contribution in [0.1, 0.15) is 83.5 Å². The predicted molar refractivity (Wildman–Crippen MR) is 78.1 cm³/mol. The molecule has 4 aliphatic rings. The molecule has 0 radical (unpaired) electrons. The zero-order valence-electron chi connectivity index (χ0n) is 12.3. The molecule has 3 saturated carbocycles. The maximum absolute atomic E-state index is 6.83. The minimum absolute atomic E-state index is 0.277. The Labute approximate surface area is 117 Å². The van der Waals surface area contributed by atoms with E-state index in [1.807, 2.05) is 5.57 Å². The summed E-state index contributed by atoms with van der Waals surface area (Å²) in [4.78, 5) is 0. The van der Waals surface area contributed by atoms with Crippen LogP contribution in [0.25, 0.3) is 0 Å². The van der Waals surface area contributed by atoms with E-state index in [9.17, 15) is 0 Å². The Morgan fingerprint density at radius 2 is 1.47 bits per heavy atom. The van der Waals surface area contributed by atoms with Gasteiger partial charge in [-0.05, 0) is 56.9 Å². The summed E-state index contributed by atoms with van der Waals surface area (Å²) in [6.07, 6.45) is 18.7. The van der Waals surface area contributed by atoms with Crippen molar-refractivity contribution < 1.29 is 4.74 Å². The van der Waals surface area contributed by atoms with E-state index in [0.29, 0.717) is 6.10 Å². The first-order valence-corrected chi connectivity index (χ1v) is 8.79. The van der Waals surface area contributed by atoms with Crippen LogP contribution in [0.2, 0.25) is 0 Å². The van der Waals surface area contributed by atoms with Crippen molar-refractivity contribution in [2.24, 2.45) is 5.92 Å². The lowest BCUT2D eigenvalue weighted by atomic mass is 9.63. The van der Waals surface area contributed by atoms with Gasteiger partial charge in [0.1, 0.15) is 0 Å². The highest BCUT2D eigenvalue weighted by atomic mass is 16.5. The van der Waals surface area contributed by atoms with E-state index in [1.54, 1.807) is 5.57 Å². The Bertz CT molecular complexity index is 375. The van der Waals surface area contributed by atoms with Gasteiger partial charge in [-0.15, -0.1) is 0 Å². The fourth-order valence-corrected chi connectivity index (χ4v) is 5.44. The van der Waals surface area contributed by atoms with Gasteiger partial charge >= 0.3 is 0 Å². The Morgan fingerprint density at radius 3 is 2.32 bits per heavy atom. The fourth-order valence-electron chi connectivity index (χ4n) is 5.44. The van der Waals surface area contributed by atoms with Crippen LogP contribution in [-0.4, -0.2) is 11.7 Å². The maximum atomic E-state index is 6.83. The lowest BCUT2D eigenvalue weighted by Crippen LogP contribution is -2.51. The molecule has 3 fully saturated rings. The third-order valence-corrected chi connectivity index (χ3v) is 6.29. The Morgan fingerprint density at radius 1 is 0.737 bits per heavy atom. The number of rotatable bonds is 0. The average molecular weight is 260 g/mol. The minimum atomic E-state index is 0.277. The molecule has 0 amide bonds. The normalized spacial score (nSPS) is 37.9. The molecule has 1 heteroatoms. The van der Waals surface area contributed by atoms with Gasteiger partial charge in [0.2, 0.25) is 0 Å². The van der Waals surface area contributed by atoms with Crippen LogP contribution in [0.5, 0.6) is 0 Å². The van der Waals surface area contributed by atoms with Gasteiger partial charge in [-0.3, -0.25) is 0 Å². The summed E-state index contributed by atoms with van der Waals surface area (Å²) in [7, 11) is 0. The summed E-state index contributed by atoms with van der Waals surface area (Å²) < 4.78 is 6.83. The summed E-state index contributed by atoms with van der Waals surface area (Å²) in [5.74, 6) is 0.811. The van der Waals surface area contributed by atoms with Gasteiger partial charge in [-0.2, -0.15) is 0 Å². The first-order valence-electron chi connectivity index (χ1n) is 8.79. The van der Waals surface area contributed by atoms with Crippen LogP contribution < -0.4 is 0 Å². The molecule has 0 unspecified atom stereocenters. The van der Waals surface area contributed by atoms with E-state index in [0.717, 1.165) is 5.92 Å². The van der Waals surface area contributed by atoms with E-state index in [4.69, 9.17) is 4.74 Å². The third-order valence-electron chi connectivity index (χ3n) is 6.29. The largest absolute Gasteiger partial charge is 0.367 e. The molecule has 0 aromatic rings. The zero-order chi connectivity index (χ0) is 12.7. The van der Waals surface area contributed by atoms with Crippen molar-refractivity contribution >= 4 is 0 Å². The molecule has 0 bridgehead atoms. The highest BCUT2D eigenvalue weighted by Crippen LogP contribution is 2.53. The summed E-state index contributed by atoms with van der Waals surface area (Å²) in [6, 6.07) is 0. The molecule has 19 heavy (non-hydrogen) atoms. The molecule has 4 rings (SSSR count). The SMILES string of the molecule is C1CCC2(CC1)O[C@@H]1CCCCC1=C1CCCC[C@@H]12. The van der Waals surface area contributed by atoms with Gasteiger partial charge < -0.3 is 4.74 Å². The Kier molecular flexibility index (Phi) is 3.22. The molecule has 1 nitrogen and oxygen atoms in total. The van der Waals surface area contributed by atoms with Crippen LogP contribution in [0.15, 0.2) is 11.1 Å². The van der Waals surface area contributed by atoms with Gasteiger partial charge in [0, 0.05) is 5.92 Å². The maximum Gasteiger partial charge on any atom is 0.0795 e. The first kappa shape index (κ1) is 12.4. The van der Waals surface area contributed by atoms with Crippen LogP contribution in [-0.2, 0) is 4.74 Å². The van der Waals surface area contributed by atoms with Gasteiger partial charge in [0.15, 0.2) is 0 Å². The summed E-state index contributed by atoms with van der Waals surface area (Å²) in [5, 5.41) is 0. The summed E-state index contributed by atoms with van der Waals surface area (Å²) in [5.41, 5.74) is 3.94. The molecule has 2 atom stereocenters. The van der Waals surface area contributed by atoms with Crippen LogP contribution in [0.4, 0.5) is 0 Å². The van der Waals surface area contributed by atoms with Crippen molar-refractivity contribution in [1.29, 1.82) is 0 Å².